The van der Waals surface area contributed by atoms with Gasteiger partial charge in [0.25, 0.3) is 6.92 Å². The van der Waals surface area contributed by atoms with Crippen molar-refractivity contribution < 1.29 is 47.3 Å². The normalized spacial score (nSPS) is 12.2. The number of ketones is 2. The fourth-order valence-electron chi connectivity index (χ4n) is 5.93. The van der Waals surface area contributed by atoms with Crippen molar-refractivity contribution in [3.8, 4) is 0 Å². The number of nitrogens with one attached hydrogen (secondary N) is 1. The molecule has 25 heteroatoms. The number of Topliss-reactive ketones (excluding diaryl/α,β-unsaturated/α-hetero) is 2. The van der Waals surface area contributed by atoms with Crippen LogP contribution in [0.25, 0.3) is 0 Å². The van der Waals surface area contributed by atoms with Gasteiger partial charge in [0.15, 0.2) is 23.3 Å². The third kappa shape index (κ3) is 62.3. The Labute approximate surface area is 433 Å². The number of H-pyrrole nitrogens is 1. The van der Waals surface area contributed by atoms with E-state index in [1.165, 1.54) is 22.7 Å². The lowest BCUT2D eigenvalue weighted by Crippen LogP contribution is -2.19. The first-order valence-electron chi connectivity index (χ1n) is 23.9. The topological polar surface area (TPSA) is 325 Å². The molecule has 0 amide bonds. The van der Waals surface area contributed by atoms with Crippen LogP contribution in [0.2, 0.25) is 13.1 Å². The number of hydrogen-bond acceptors (Lipinski definition) is 16. The average molecular weight is 1070 g/mol. The van der Waals surface area contributed by atoms with Crippen LogP contribution in [-0.4, -0.2) is 132 Å². The minimum absolute atomic E-state index is 0.0321. The first-order valence-corrected chi connectivity index (χ1v) is 27.8. The van der Waals surface area contributed by atoms with Crippen LogP contribution in [0.3, 0.4) is 0 Å². The zero-order valence-electron chi connectivity index (χ0n) is 49.0. The zero-order chi connectivity index (χ0) is 58.1. The second kappa shape index (κ2) is 31.8. The third-order valence-corrected chi connectivity index (χ3v) is 10.0. The van der Waals surface area contributed by atoms with E-state index >= 15 is 0 Å². The average Bonchev–Trinajstić information content (AvgIpc) is 3.78. The molecule has 22 nitrogen and oxygen atoms in total. The van der Waals surface area contributed by atoms with Crippen LogP contribution in [0.1, 0.15) is 183 Å². The predicted octanol–water partition coefficient (Wildman–Crippen LogP) is 7.93. The molecule has 5 N–H and O–H groups in total. The maximum absolute atomic E-state index is 10.8. The van der Waals surface area contributed by atoms with E-state index in [0.717, 1.165) is 25.0 Å². The second-order valence-electron chi connectivity index (χ2n) is 26.7. The van der Waals surface area contributed by atoms with Gasteiger partial charge in [-0.3, -0.25) is 14.2 Å². The van der Waals surface area contributed by atoms with E-state index in [-0.39, 0.29) is 81.4 Å². The Kier molecular flexibility index (Phi) is 33.0. The number of aromatic amines is 1. The quantitative estimate of drug-likeness (QED) is 0.0898. The highest BCUT2D eigenvalue weighted by atomic mass is 32.2. The number of carboxylic acids is 1. The summed E-state index contributed by atoms with van der Waals surface area (Å²) >= 11 is 0. The van der Waals surface area contributed by atoms with Crippen molar-refractivity contribution in [2.45, 2.75) is 211 Å². The summed E-state index contributed by atoms with van der Waals surface area (Å²) in [6.45, 7) is 47.4. The Morgan fingerprint density at radius 3 is 1.36 bits per heavy atom. The number of rotatable bonds is 11. The molecule has 0 fully saturated rings. The standard InChI is InChI=1S/C9H16N4O.C8H14N4O2.C7H14O.C6H15BO.C6H12N4.C6H14O2S.C5H13O3P/c1-7(14)6-13-11-8(10-12-13)5-9(2,3)4;1-8(2,3)4-6-9-10-11-12(6)5-7(13)14;1-6(8)5-7(2,3)4;1-6(2,3)5-7(4)8;1-6(2,3)4-5-7-9-10-8-5;1-6(2,3)5-9(4,7)8;1-5(2,3)4-9(6,7)8/h5-6H2,1-4H3;4-5H2,1-3H3,(H,13,14);5H2,1-4H3;8H,5H2,1-4H3;4H2,1-3H3,(H,7,8,9,10);5H2,1-4H3;4H2,1-3H3,(H2,6,7,8). The van der Waals surface area contributed by atoms with Crippen LogP contribution in [0, 0.1) is 37.9 Å². The molecule has 0 aliphatic rings. The van der Waals surface area contributed by atoms with Crippen molar-refractivity contribution in [1.29, 1.82) is 0 Å². The highest BCUT2D eigenvalue weighted by molar-refractivity contribution is 7.90. The molecule has 3 heterocycles. The number of carboxylic acid groups (broad SMARTS) is 1. The molecule has 72 heavy (non-hydrogen) atoms. The van der Waals surface area contributed by atoms with Crippen molar-refractivity contribution in [1.82, 2.24) is 61.0 Å². The lowest BCUT2D eigenvalue weighted by Gasteiger charge is -2.17. The molecule has 0 saturated carbocycles. The van der Waals surface area contributed by atoms with Gasteiger partial charge in [-0.1, -0.05) is 157 Å². The smallest absolute Gasteiger partial charge is 0.326 e. The minimum Gasteiger partial charge on any atom is -0.480 e. The number of sulfone groups is 1. The highest BCUT2D eigenvalue weighted by Gasteiger charge is 2.24. The van der Waals surface area contributed by atoms with Gasteiger partial charge in [0, 0.05) is 31.9 Å². The molecule has 0 unspecified atom stereocenters. The van der Waals surface area contributed by atoms with Crippen molar-refractivity contribution in [3.63, 3.8) is 0 Å². The molecule has 3 aromatic rings. The number of nitrogens with zero attached hydrogens (tertiary/aromatic N) is 11. The van der Waals surface area contributed by atoms with Gasteiger partial charge in [0.2, 0.25) is 0 Å². The molecule has 0 aliphatic carbocycles. The van der Waals surface area contributed by atoms with Crippen LogP contribution in [0.15, 0.2) is 0 Å². The van der Waals surface area contributed by atoms with E-state index < -0.39 is 23.4 Å². The maximum atomic E-state index is 10.8. The van der Waals surface area contributed by atoms with E-state index in [9.17, 15) is 27.4 Å². The molecule has 0 bridgehead atoms. The van der Waals surface area contributed by atoms with Crippen LogP contribution in [-0.2, 0) is 61.1 Å². The van der Waals surface area contributed by atoms with Gasteiger partial charge in [-0.05, 0) is 73.7 Å². The van der Waals surface area contributed by atoms with Gasteiger partial charge >= 0.3 is 13.6 Å². The summed E-state index contributed by atoms with van der Waals surface area (Å²) in [7, 11) is -6.57. The summed E-state index contributed by atoms with van der Waals surface area (Å²) in [6, 6.07) is 0. The van der Waals surface area contributed by atoms with Gasteiger partial charge in [-0.15, -0.1) is 25.5 Å². The van der Waals surface area contributed by atoms with Crippen molar-refractivity contribution in [2.75, 3.05) is 18.2 Å². The summed E-state index contributed by atoms with van der Waals surface area (Å²) in [6.07, 6.45) is 5.08. The van der Waals surface area contributed by atoms with Crippen LogP contribution in [0.4, 0.5) is 0 Å². The minimum atomic E-state index is -3.79. The van der Waals surface area contributed by atoms with Crippen LogP contribution < -0.4 is 0 Å². The molecule has 3 rings (SSSR count). The lowest BCUT2D eigenvalue weighted by molar-refractivity contribution is -0.138. The Hall–Kier alpha value is -3.86. The highest BCUT2D eigenvalue weighted by Crippen LogP contribution is 2.41. The SMILES string of the molecule is CB(O)CC(C)(C)C.CC(=O)CC(C)(C)C.CC(=O)Cn1nnc(CC(C)(C)C)n1.CC(C)(C)CP(=O)(O)O.CC(C)(C)CS(C)(=O)=O.CC(C)(C)Cc1nn[nH]n1.CC(C)(C)Cc1nnnn1CC(=O)O. The predicted molar refractivity (Wildman–Crippen MR) is 286 cm³/mol. The van der Waals surface area contributed by atoms with E-state index in [1.807, 2.05) is 48.4 Å². The van der Waals surface area contributed by atoms with Crippen molar-refractivity contribution in [3.05, 3.63) is 17.5 Å². The Balaban J connectivity index is -0.000000380. The van der Waals surface area contributed by atoms with Crippen molar-refractivity contribution in [2.24, 2.45) is 37.9 Å². The fourth-order valence-corrected chi connectivity index (χ4v) is 8.74. The van der Waals surface area contributed by atoms with E-state index in [1.54, 1.807) is 27.7 Å². The number of aromatic nitrogens is 12. The largest absolute Gasteiger partial charge is 0.480 e. The van der Waals surface area contributed by atoms with E-state index in [0.29, 0.717) is 24.5 Å². The van der Waals surface area contributed by atoms with Gasteiger partial charge in [0.05, 0.1) is 11.9 Å². The number of carbonyl (C=O) groups is 3. The summed E-state index contributed by atoms with van der Waals surface area (Å²) < 4.78 is 32.9. The molecular weight excluding hydrogens is 966 g/mol. The first kappa shape index (κ1) is 74.7. The van der Waals surface area contributed by atoms with Crippen LogP contribution in [0.5, 0.6) is 0 Å². The molecule has 420 valence electrons. The van der Waals surface area contributed by atoms with Gasteiger partial charge in [0.1, 0.15) is 28.7 Å². The molecule has 0 saturated heterocycles. The Morgan fingerprint density at radius 2 is 1.11 bits per heavy atom. The molecule has 0 aliphatic heterocycles. The number of hydrogen-bond donors (Lipinski definition) is 5. The Morgan fingerprint density at radius 1 is 0.639 bits per heavy atom. The number of aliphatic carboxylic acids is 1. The Bertz CT molecular complexity index is 2130. The number of tetrazole rings is 3. The van der Waals surface area contributed by atoms with Gasteiger partial charge in [-0.2, -0.15) is 10.0 Å². The van der Waals surface area contributed by atoms with E-state index in [4.69, 9.17) is 19.9 Å². The molecular formula is C47H98BN12O10PS. The summed E-state index contributed by atoms with van der Waals surface area (Å²) in [4.78, 5) is 50.0. The number of carbonyl (C=O) groups excluding carboxylic acids is 2. The summed E-state index contributed by atoms with van der Waals surface area (Å²) in [5.41, 5.74) is 0.492. The molecule has 0 aromatic carbocycles. The molecule has 3 aromatic heterocycles. The summed E-state index contributed by atoms with van der Waals surface area (Å²) in [5, 5.41) is 53.7. The van der Waals surface area contributed by atoms with Gasteiger partial charge in [-0.25, -0.2) is 13.1 Å². The third-order valence-electron chi connectivity index (χ3n) is 7.27. The van der Waals surface area contributed by atoms with E-state index in [2.05, 4.69) is 135 Å². The second-order valence-corrected chi connectivity index (χ2v) is 30.5. The monoisotopic (exact) mass is 1060 g/mol. The lowest BCUT2D eigenvalue weighted by atomic mass is 9.60. The molecule has 0 radical (unpaired) electrons. The zero-order valence-corrected chi connectivity index (χ0v) is 50.7. The fraction of sp³-hybridized carbons (Fsp3) is 0.872. The molecule has 0 atom stereocenters. The van der Waals surface area contributed by atoms with Gasteiger partial charge < -0.3 is 24.7 Å². The first-order chi connectivity index (χ1) is 31.6. The molecule has 0 spiro atoms. The summed E-state index contributed by atoms with van der Waals surface area (Å²) in [5.74, 6) is 1.72. The maximum Gasteiger partial charge on any atom is 0.326 e. The van der Waals surface area contributed by atoms with Crippen LogP contribution >= 0.6 is 7.60 Å². The van der Waals surface area contributed by atoms with Crippen molar-refractivity contribution >= 4 is 41.9 Å².